The predicted molar refractivity (Wildman–Crippen MR) is 84.4 cm³/mol. The van der Waals surface area contributed by atoms with E-state index >= 15 is 0 Å². The summed E-state index contributed by atoms with van der Waals surface area (Å²) in [7, 11) is 1.86. The number of ether oxygens (including phenoxy) is 1. The number of imidazole rings is 1. The molecule has 2 aromatic carbocycles. The van der Waals surface area contributed by atoms with Crippen LogP contribution in [0.4, 0.5) is 5.95 Å². The lowest BCUT2D eigenvalue weighted by Crippen LogP contribution is -2.00. The molecule has 1 N–H and O–H groups in total. The zero-order chi connectivity index (χ0) is 14.7. The van der Waals surface area contributed by atoms with Crippen LogP contribution in [0.15, 0.2) is 60.8 Å². The van der Waals surface area contributed by atoms with Crippen molar-refractivity contribution in [1.82, 2.24) is 9.55 Å². The molecule has 0 fully saturated rings. The maximum Gasteiger partial charge on any atom is 0.207 e. The van der Waals surface area contributed by atoms with E-state index in [1.807, 2.05) is 79.3 Å². The first-order valence-electron chi connectivity index (χ1n) is 6.83. The fourth-order valence-electron chi connectivity index (χ4n) is 2.19. The average molecular weight is 279 g/mol. The van der Waals surface area contributed by atoms with Crippen LogP contribution < -0.4 is 10.1 Å². The fourth-order valence-corrected chi connectivity index (χ4v) is 2.19. The van der Waals surface area contributed by atoms with Gasteiger partial charge >= 0.3 is 0 Å². The Labute approximate surface area is 124 Å². The Morgan fingerprint density at radius 3 is 2.52 bits per heavy atom. The normalized spacial score (nSPS) is 10.4. The van der Waals surface area contributed by atoms with Gasteiger partial charge in [0.1, 0.15) is 11.5 Å². The summed E-state index contributed by atoms with van der Waals surface area (Å²) in [6.07, 6.45) is 1.99. The summed E-state index contributed by atoms with van der Waals surface area (Å²) in [6, 6.07) is 17.7. The Morgan fingerprint density at radius 2 is 1.76 bits per heavy atom. The first-order valence-corrected chi connectivity index (χ1v) is 6.83. The Morgan fingerprint density at radius 1 is 1.00 bits per heavy atom. The van der Waals surface area contributed by atoms with E-state index in [4.69, 9.17) is 4.74 Å². The number of hydrogen-bond acceptors (Lipinski definition) is 3. The number of aryl methyl sites for hydroxylation is 1. The van der Waals surface area contributed by atoms with Crippen molar-refractivity contribution >= 4 is 5.95 Å². The third-order valence-electron chi connectivity index (χ3n) is 3.12. The molecule has 0 spiro atoms. The van der Waals surface area contributed by atoms with Gasteiger partial charge in [-0.25, -0.2) is 4.98 Å². The standard InChI is InChI=1S/C17H17N3O/c1-13-12-20(17(18-2)19-13)14-7-6-10-16(11-14)21-15-8-4-3-5-9-15/h3-12H,1-2H3,(H,18,19). The lowest BCUT2D eigenvalue weighted by atomic mass is 10.3. The number of hydrogen-bond donors (Lipinski definition) is 1. The van der Waals surface area contributed by atoms with E-state index in [1.54, 1.807) is 0 Å². The second-order valence-electron chi connectivity index (χ2n) is 4.74. The van der Waals surface area contributed by atoms with Gasteiger partial charge in [0.2, 0.25) is 5.95 Å². The Balaban J connectivity index is 1.93. The van der Waals surface area contributed by atoms with Crippen LogP contribution in [-0.2, 0) is 0 Å². The molecule has 0 aliphatic rings. The van der Waals surface area contributed by atoms with Crippen LogP contribution in [0.25, 0.3) is 5.69 Å². The van der Waals surface area contributed by atoms with Gasteiger partial charge < -0.3 is 10.1 Å². The van der Waals surface area contributed by atoms with Crippen molar-refractivity contribution in [2.75, 3.05) is 12.4 Å². The van der Waals surface area contributed by atoms with Gasteiger partial charge in [-0.2, -0.15) is 0 Å². The predicted octanol–water partition coefficient (Wildman–Crippen LogP) is 4.01. The molecule has 0 bridgehead atoms. The van der Waals surface area contributed by atoms with Gasteiger partial charge in [0.25, 0.3) is 0 Å². The monoisotopic (exact) mass is 279 g/mol. The highest BCUT2D eigenvalue weighted by atomic mass is 16.5. The van der Waals surface area contributed by atoms with Crippen LogP contribution in [0.2, 0.25) is 0 Å². The molecule has 4 nitrogen and oxygen atoms in total. The minimum atomic E-state index is 0.798. The van der Waals surface area contributed by atoms with E-state index in [0.29, 0.717) is 0 Å². The van der Waals surface area contributed by atoms with E-state index in [2.05, 4.69) is 10.3 Å². The van der Waals surface area contributed by atoms with Gasteiger partial charge in [-0.05, 0) is 31.2 Å². The first kappa shape index (κ1) is 13.2. The van der Waals surface area contributed by atoms with Crippen molar-refractivity contribution in [3.05, 3.63) is 66.5 Å². The Bertz CT molecular complexity index is 735. The summed E-state index contributed by atoms with van der Waals surface area (Å²) in [5.41, 5.74) is 1.97. The van der Waals surface area contributed by atoms with Gasteiger partial charge in [-0.3, -0.25) is 4.57 Å². The van der Waals surface area contributed by atoms with Crippen LogP contribution in [-0.4, -0.2) is 16.6 Å². The smallest absolute Gasteiger partial charge is 0.207 e. The van der Waals surface area contributed by atoms with Gasteiger partial charge in [-0.1, -0.05) is 24.3 Å². The molecule has 0 aliphatic heterocycles. The zero-order valence-corrected chi connectivity index (χ0v) is 12.1. The molecule has 1 aromatic heterocycles. The van der Waals surface area contributed by atoms with E-state index in [1.165, 1.54) is 0 Å². The number of anilines is 1. The third kappa shape index (κ3) is 2.89. The molecule has 0 aliphatic carbocycles. The number of nitrogens with zero attached hydrogens (tertiary/aromatic N) is 2. The summed E-state index contributed by atoms with van der Waals surface area (Å²) in [6.45, 7) is 1.97. The maximum absolute atomic E-state index is 5.87. The van der Waals surface area contributed by atoms with Gasteiger partial charge in [0.05, 0.1) is 11.4 Å². The summed E-state index contributed by atoms with van der Waals surface area (Å²) in [5, 5.41) is 3.10. The lowest BCUT2D eigenvalue weighted by Gasteiger charge is -2.10. The molecule has 3 aromatic rings. The van der Waals surface area contributed by atoms with Gasteiger partial charge in [0, 0.05) is 19.3 Å². The molecule has 0 saturated carbocycles. The van der Waals surface area contributed by atoms with E-state index in [-0.39, 0.29) is 0 Å². The third-order valence-corrected chi connectivity index (χ3v) is 3.12. The fraction of sp³-hybridized carbons (Fsp3) is 0.118. The van der Waals surface area contributed by atoms with Gasteiger partial charge in [0.15, 0.2) is 0 Å². The van der Waals surface area contributed by atoms with Crippen LogP contribution in [0.3, 0.4) is 0 Å². The number of rotatable bonds is 4. The van der Waals surface area contributed by atoms with E-state index in [0.717, 1.165) is 28.8 Å². The van der Waals surface area contributed by atoms with Crippen LogP contribution in [0, 0.1) is 6.92 Å². The molecule has 21 heavy (non-hydrogen) atoms. The van der Waals surface area contributed by atoms with E-state index in [9.17, 15) is 0 Å². The molecular formula is C17H17N3O. The molecule has 0 saturated heterocycles. The summed E-state index contributed by atoms with van der Waals surface area (Å²) >= 11 is 0. The second-order valence-corrected chi connectivity index (χ2v) is 4.74. The molecule has 0 amide bonds. The minimum absolute atomic E-state index is 0.798. The SMILES string of the molecule is CNc1nc(C)cn1-c1cccc(Oc2ccccc2)c1. The minimum Gasteiger partial charge on any atom is -0.457 e. The topological polar surface area (TPSA) is 39.1 Å². The van der Waals surface area contributed by atoms with Crippen molar-refractivity contribution in [2.45, 2.75) is 6.92 Å². The summed E-state index contributed by atoms with van der Waals surface area (Å²) in [4.78, 5) is 4.43. The Hall–Kier alpha value is -2.75. The number of benzene rings is 2. The van der Waals surface area contributed by atoms with Crippen LogP contribution in [0.1, 0.15) is 5.69 Å². The van der Waals surface area contributed by atoms with Gasteiger partial charge in [-0.15, -0.1) is 0 Å². The molecule has 0 unspecified atom stereocenters. The van der Waals surface area contributed by atoms with Crippen molar-refractivity contribution in [2.24, 2.45) is 0 Å². The number of aromatic nitrogens is 2. The van der Waals surface area contributed by atoms with Crippen molar-refractivity contribution in [3.63, 3.8) is 0 Å². The molecule has 1 heterocycles. The molecule has 0 atom stereocenters. The van der Waals surface area contributed by atoms with Crippen molar-refractivity contribution in [1.29, 1.82) is 0 Å². The highest BCUT2D eigenvalue weighted by molar-refractivity contribution is 5.47. The maximum atomic E-state index is 5.87. The zero-order valence-electron chi connectivity index (χ0n) is 12.1. The van der Waals surface area contributed by atoms with Crippen LogP contribution in [0.5, 0.6) is 11.5 Å². The second kappa shape index (κ2) is 5.71. The summed E-state index contributed by atoms with van der Waals surface area (Å²) in [5.74, 6) is 2.43. The van der Waals surface area contributed by atoms with Crippen molar-refractivity contribution < 1.29 is 4.74 Å². The quantitative estimate of drug-likeness (QED) is 0.784. The highest BCUT2D eigenvalue weighted by Gasteiger charge is 2.07. The van der Waals surface area contributed by atoms with E-state index < -0.39 is 0 Å². The number of nitrogens with one attached hydrogen (secondary N) is 1. The molecular weight excluding hydrogens is 262 g/mol. The summed E-state index contributed by atoms with van der Waals surface area (Å²) < 4.78 is 7.87. The highest BCUT2D eigenvalue weighted by Crippen LogP contribution is 2.25. The molecule has 0 radical (unpaired) electrons. The Kier molecular flexibility index (Phi) is 3.60. The molecule has 106 valence electrons. The largest absolute Gasteiger partial charge is 0.457 e. The molecule has 4 heteroatoms. The molecule has 3 rings (SSSR count). The average Bonchev–Trinajstić information content (AvgIpc) is 2.90. The lowest BCUT2D eigenvalue weighted by molar-refractivity contribution is 0.482. The van der Waals surface area contributed by atoms with Crippen molar-refractivity contribution in [3.8, 4) is 17.2 Å². The first-order chi connectivity index (χ1) is 10.3. The van der Waals surface area contributed by atoms with Crippen LogP contribution >= 0.6 is 0 Å². The number of para-hydroxylation sites is 1.